The number of halogens is 1. The van der Waals surface area contributed by atoms with Crippen molar-refractivity contribution in [1.82, 2.24) is 0 Å². The predicted octanol–water partition coefficient (Wildman–Crippen LogP) is 4.52. The summed E-state index contributed by atoms with van der Waals surface area (Å²) in [7, 11) is 0. The molecule has 2 rings (SSSR count). The number of ketones is 1. The summed E-state index contributed by atoms with van der Waals surface area (Å²) < 4.78 is 0.932. The van der Waals surface area contributed by atoms with E-state index in [1.165, 1.54) is 25.7 Å². The van der Waals surface area contributed by atoms with Crippen LogP contribution < -0.4 is 0 Å². The van der Waals surface area contributed by atoms with Gasteiger partial charge in [0.2, 0.25) is 0 Å². The summed E-state index contributed by atoms with van der Waals surface area (Å²) in [6, 6.07) is 5.98. The van der Waals surface area contributed by atoms with Crippen molar-refractivity contribution in [3.05, 3.63) is 33.8 Å². The van der Waals surface area contributed by atoms with Crippen molar-refractivity contribution in [1.29, 1.82) is 0 Å². The maximum Gasteiger partial charge on any atom is 0.164 e. The summed E-state index contributed by atoms with van der Waals surface area (Å²) in [4.78, 5) is 12.1. The Morgan fingerprint density at radius 2 is 2.06 bits per heavy atom. The van der Waals surface area contributed by atoms with Gasteiger partial charge in [-0.3, -0.25) is 4.79 Å². The molecular formula is C14H17BrO. The summed E-state index contributed by atoms with van der Waals surface area (Å²) in [6.07, 6.45) is 5.78. The van der Waals surface area contributed by atoms with Gasteiger partial charge in [-0.1, -0.05) is 53.2 Å². The average Bonchev–Trinajstić information content (AvgIpc) is 2.74. The number of hydrogen-bond donors (Lipinski definition) is 0. The van der Waals surface area contributed by atoms with Gasteiger partial charge in [-0.2, -0.15) is 0 Å². The first-order valence-corrected chi connectivity index (χ1v) is 6.75. The van der Waals surface area contributed by atoms with E-state index in [4.69, 9.17) is 0 Å². The predicted molar refractivity (Wildman–Crippen MR) is 69.8 cm³/mol. The Labute approximate surface area is 105 Å². The Kier molecular flexibility index (Phi) is 3.80. The number of aryl methyl sites for hydroxylation is 1. The van der Waals surface area contributed by atoms with Gasteiger partial charge in [0.1, 0.15) is 0 Å². The molecule has 1 saturated carbocycles. The van der Waals surface area contributed by atoms with Crippen LogP contribution >= 0.6 is 15.9 Å². The molecule has 0 N–H and O–H groups in total. The fourth-order valence-electron chi connectivity index (χ4n) is 2.44. The molecule has 0 bridgehead atoms. The van der Waals surface area contributed by atoms with Gasteiger partial charge in [0, 0.05) is 16.5 Å². The number of rotatable bonds is 3. The standard InChI is InChI=1S/C14H17BrO/c1-10-6-7-13(15)12(8-10)14(16)9-11-4-2-3-5-11/h6-8,11H,2-5,9H2,1H3. The zero-order valence-corrected chi connectivity index (χ0v) is 11.2. The van der Waals surface area contributed by atoms with Gasteiger partial charge in [-0.15, -0.1) is 0 Å². The zero-order valence-electron chi connectivity index (χ0n) is 9.63. The van der Waals surface area contributed by atoms with Crippen molar-refractivity contribution >= 4 is 21.7 Å². The van der Waals surface area contributed by atoms with Gasteiger partial charge in [0.05, 0.1) is 0 Å². The van der Waals surface area contributed by atoms with E-state index >= 15 is 0 Å². The third kappa shape index (κ3) is 2.73. The SMILES string of the molecule is Cc1ccc(Br)c(C(=O)CC2CCCC2)c1. The molecule has 0 heterocycles. The van der Waals surface area contributed by atoms with Crippen LogP contribution in [0.1, 0.15) is 48.0 Å². The summed E-state index contributed by atoms with van der Waals surface area (Å²) in [5, 5.41) is 0. The molecule has 86 valence electrons. The summed E-state index contributed by atoms with van der Waals surface area (Å²) in [5.41, 5.74) is 2.00. The number of carbonyl (C=O) groups is 1. The molecule has 0 radical (unpaired) electrons. The smallest absolute Gasteiger partial charge is 0.164 e. The van der Waals surface area contributed by atoms with Crippen molar-refractivity contribution < 1.29 is 4.79 Å². The van der Waals surface area contributed by atoms with Crippen molar-refractivity contribution in [2.24, 2.45) is 5.92 Å². The van der Waals surface area contributed by atoms with Gasteiger partial charge >= 0.3 is 0 Å². The second-order valence-corrected chi connectivity index (χ2v) is 5.62. The van der Waals surface area contributed by atoms with Crippen LogP contribution in [0.25, 0.3) is 0 Å². The minimum Gasteiger partial charge on any atom is -0.294 e. The maximum absolute atomic E-state index is 12.1. The Hall–Kier alpha value is -0.630. The van der Waals surface area contributed by atoms with Crippen LogP contribution in [0.3, 0.4) is 0 Å². The molecule has 1 aliphatic carbocycles. The van der Waals surface area contributed by atoms with Crippen LogP contribution in [0.5, 0.6) is 0 Å². The monoisotopic (exact) mass is 280 g/mol. The quantitative estimate of drug-likeness (QED) is 0.744. The lowest BCUT2D eigenvalue weighted by molar-refractivity contribution is 0.0961. The molecule has 0 atom stereocenters. The van der Waals surface area contributed by atoms with E-state index < -0.39 is 0 Å². The molecule has 0 amide bonds. The van der Waals surface area contributed by atoms with Crippen molar-refractivity contribution in [3.8, 4) is 0 Å². The Bertz CT molecular complexity index is 392. The second kappa shape index (κ2) is 5.13. The highest BCUT2D eigenvalue weighted by Crippen LogP contribution is 2.30. The largest absolute Gasteiger partial charge is 0.294 e. The molecule has 0 aromatic heterocycles. The van der Waals surface area contributed by atoms with E-state index in [0.29, 0.717) is 11.7 Å². The van der Waals surface area contributed by atoms with Crippen LogP contribution in [0.4, 0.5) is 0 Å². The normalized spacial score (nSPS) is 16.6. The molecule has 16 heavy (non-hydrogen) atoms. The number of carbonyl (C=O) groups excluding carboxylic acids is 1. The van der Waals surface area contributed by atoms with Gasteiger partial charge in [0.15, 0.2) is 5.78 Å². The molecule has 1 aromatic rings. The van der Waals surface area contributed by atoms with Crippen LogP contribution in [0, 0.1) is 12.8 Å². The first kappa shape index (κ1) is 11.8. The molecule has 0 aliphatic heterocycles. The number of hydrogen-bond acceptors (Lipinski definition) is 1. The fourth-order valence-corrected chi connectivity index (χ4v) is 2.91. The molecule has 1 nitrogen and oxygen atoms in total. The minimum atomic E-state index is 0.294. The summed E-state index contributed by atoms with van der Waals surface area (Å²) >= 11 is 3.46. The summed E-state index contributed by atoms with van der Waals surface area (Å²) in [6.45, 7) is 2.03. The van der Waals surface area contributed by atoms with Crippen molar-refractivity contribution in [3.63, 3.8) is 0 Å². The minimum absolute atomic E-state index is 0.294. The third-order valence-electron chi connectivity index (χ3n) is 3.37. The van der Waals surface area contributed by atoms with Gasteiger partial charge in [-0.05, 0) is 25.0 Å². The van der Waals surface area contributed by atoms with Crippen LogP contribution in [-0.2, 0) is 0 Å². The van der Waals surface area contributed by atoms with Gasteiger partial charge in [-0.25, -0.2) is 0 Å². The van der Waals surface area contributed by atoms with E-state index in [9.17, 15) is 4.79 Å². The first-order valence-electron chi connectivity index (χ1n) is 5.96. The molecule has 2 heteroatoms. The van der Waals surface area contributed by atoms with E-state index in [1.807, 2.05) is 25.1 Å². The average molecular weight is 281 g/mol. The van der Waals surface area contributed by atoms with Crippen molar-refractivity contribution in [2.75, 3.05) is 0 Å². The summed E-state index contributed by atoms with van der Waals surface area (Å²) in [5.74, 6) is 0.919. The zero-order chi connectivity index (χ0) is 11.5. The topological polar surface area (TPSA) is 17.1 Å². The first-order chi connectivity index (χ1) is 7.66. The van der Waals surface area contributed by atoms with Crippen LogP contribution in [0.15, 0.2) is 22.7 Å². The van der Waals surface area contributed by atoms with Gasteiger partial charge in [0.25, 0.3) is 0 Å². The molecule has 1 fully saturated rings. The lowest BCUT2D eigenvalue weighted by atomic mass is 9.96. The van der Waals surface area contributed by atoms with Crippen LogP contribution in [0.2, 0.25) is 0 Å². The Morgan fingerprint density at radius 1 is 1.38 bits per heavy atom. The van der Waals surface area contributed by atoms with E-state index in [2.05, 4.69) is 15.9 Å². The third-order valence-corrected chi connectivity index (χ3v) is 4.06. The molecule has 0 saturated heterocycles. The Morgan fingerprint density at radius 3 is 2.75 bits per heavy atom. The number of Topliss-reactive ketones (excluding diaryl/α,β-unsaturated/α-hetero) is 1. The number of benzene rings is 1. The molecular weight excluding hydrogens is 264 g/mol. The van der Waals surface area contributed by atoms with Crippen LogP contribution in [-0.4, -0.2) is 5.78 Å². The molecule has 0 unspecified atom stereocenters. The highest BCUT2D eigenvalue weighted by atomic mass is 79.9. The van der Waals surface area contributed by atoms with Crippen molar-refractivity contribution in [2.45, 2.75) is 39.0 Å². The fraction of sp³-hybridized carbons (Fsp3) is 0.500. The van der Waals surface area contributed by atoms with E-state index in [1.54, 1.807) is 0 Å². The lowest BCUT2D eigenvalue weighted by Crippen LogP contribution is -2.06. The molecule has 1 aromatic carbocycles. The lowest BCUT2D eigenvalue weighted by Gasteiger charge is -2.09. The highest BCUT2D eigenvalue weighted by molar-refractivity contribution is 9.10. The molecule has 0 spiro atoms. The highest BCUT2D eigenvalue weighted by Gasteiger charge is 2.20. The Balaban J connectivity index is 2.10. The van der Waals surface area contributed by atoms with E-state index in [0.717, 1.165) is 22.0 Å². The second-order valence-electron chi connectivity index (χ2n) is 4.76. The van der Waals surface area contributed by atoms with Gasteiger partial charge < -0.3 is 0 Å². The van der Waals surface area contributed by atoms with E-state index in [-0.39, 0.29) is 0 Å². The molecule has 1 aliphatic rings. The maximum atomic E-state index is 12.1.